The molecule has 3 nitrogen and oxygen atoms in total. The van der Waals surface area contributed by atoms with Gasteiger partial charge in [-0.05, 0) is 42.9 Å². The van der Waals surface area contributed by atoms with Crippen LogP contribution in [-0.2, 0) is 11.2 Å². The van der Waals surface area contributed by atoms with Gasteiger partial charge in [-0.15, -0.1) is 0 Å². The van der Waals surface area contributed by atoms with Gasteiger partial charge in [-0.25, -0.2) is 0 Å². The molecular formula is C16H23NO2. The Labute approximate surface area is 115 Å². The summed E-state index contributed by atoms with van der Waals surface area (Å²) in [5.41, 5.74) is 2.22. The number of hydrogen-bond acceptors (Lipinski definition) is 2. The van der Waals surface area contributed by atoms with Crippen molar-refractivity contribution in [3.8, 4) is 0 Å². The molecule has 1 aliphatic carbocycles. The molecule has 1 aromatic rings. The molecule has 0 saturated heterocycles. The Morgan fingerprint density at radius 3 is 2.89 bits per heavy atom. The predicted molar refractivity (Wildman–Crippen MR) is 77.4 cm³/mol. The van der Waals surface area contributed by atoms with Gasteiger partial charge in [-0.2, -0.15) is 0 Å². The number of carboxylic acid groups (broad SMARTS) is 1. The quantitative estimate of drug-likeness (QED) is 0.849. The summed E-state index contributed by atoms with van der Waals surface area (Å²) in [6.45, 7) is 2.31. The first kappa shape index (κ1) is 13.9. The van der Waals surface area contributed by atoms with Gasteiger partial charge in [0.2, 0.25) is 0 Å². The molecule has 2 unspecified atom stereocenters. The predicted octanol–water partition coefficient (Wildman–Crippen LogP) is 3.69. The van der Waals surface area contributed by atoms with Gasteiger partial charge in [0.05, 0.1) is 0 Å². The first-order chi connectivity index (χ1) is 9.15. The lowest BCUT2D eigenvalue weighted by atomic mass is 9.86. The van der Waals surface area contributed by atoms with Gasteiger partial charge in [-0.3, -0.25) is 4.79 Å². The van der Waals surface area contributed by atoms with Gasteiger partial charge in [0.15, 0.2) is 0 Å². The summed E-state index contributed by atoms with van der Waals surface area (Å²) in [4.78, 5) is 10.6. The van der Waals surface area contributed by atoms with Crippen LogP contribution in [0.4, 0.5) is 5.69 Å². The van der Waals surface area contributed by atoms with Gasteiger partial charge >= 0.3 is 5.97 Å². The van der Waals surface area contributed by atoms with Crippen molar-refractivity contribution in [2.24, 2.45) is 5.92 Å². The molecule has 0 heterocycles. The maximum absolute atomic E-state index is 10.6. The zero-order chi connectivity index (χ0) is 13.7. The molecule has 0 bridgehead atoms. The third-order valence-electron chi connectivity index (χ3n) is 4.02. The molecule has 0 aromatic heterocycles. The smallest absolute Gasteiger partial charge is 0.303 e. The molecule has 2 atom stereocenters. The fourth-order valence-corrected chi connectivity index (χ4v) is 2.81. The van der Waals surface area contributed by atoms with Crippen LogP contribution in [0.25, 0.3) is 0 Å². The van der Waals surface area contributed by atoms with Gasteiger partial charge in [0.25, 0.3) is 0 Å². The van der Waals surface area contributed by atoms with Crippen molar-refractivity contribution in [1.29, 1.82) is 0 Å². The molecule has 1 saturated carbocycles. The number of aryl methyl sites for hydroxylation is 1. The number of hydrogen-bond donors (Lipinski definition) is 2. The fraction of sp³-hybridized carbons (Fsp3) is 0.562. The minimum atomic E-state index is -0.737. The number of rotatable bonds is 5. The van der Waals surface area contributed by atoms with E-state index in [0.717, 1.165) is 17.2 Å². The lowest BCUT2D eigenvalue weighted by molar-refractivity contribution is -0.136. The molecule has 0 aliphatic heterocycles. The van der Waals surface area contributed by atoms with Crippen molar-refractivity contribution in [1.82, 2.24) is 0 Å². The third-order valence-corrected chi connectivity index (χ3v) is 4.02. The molecule has 104 valence electrons. The molecule has 0 radical (unpaired) electrons. The first-order valence-corrected chi connectivity index (χ1v) is 7.22. The summed E-state index contributed by atoms with van der Waals surface area (Å²) >= 11 is 0. The Morgan fingerprint density at radius 1 is 1.37 bits per heavy atom. The average Bonchev–Trinajstić information content (AvgIpc) is 2.40. The van der Waals surface area contributed by atoms with Crippen LogP contribution < -0.4 is 5.32 Å². The SMILES string of the molecule is CC1CCCCC1Nc1cccc(CCC(=O)O)c1. The molecule has 2 N–H and O–H groups in total. The Hall–Kier alpha value is -1.51. The van der Waals surface area contributed by atoms with Crippen molar-refractivity contribution in [2.45, 2.75) is 51.5 Å². The van der Waals surface area contributed by atoms with Gasteiger partial charge in [0, 0.05) is 18.2 Å². The van der Waals surface area contributed by atoms with Crippen LogP contribution in [0.5, 0.6) is 0 Å². The average molecular weight is 261 g/mol. The lowest BCUT2D eigenvalue weighted by Crippen LogP contribution is -2.30. The molecule has 2 rings (SSSR count). The van der Waals surface area contributed by atoms with Crippen LogP contribution in [0.3, 0.4) is 0 Å². The highest BCUT2D eigenvalue weighted by molar-refractivity contribution is 5.67. The monoisotopic (exact) mass is 261 g/mol. The summed E-state index contributed by atoms with van der Waals surface area (Å²) < 4.78 is 0. The van der Waals surface area contributed by atoms with Crippen molar-refractivity contribution in [3.05, 3.63) is 29.8 Å². The largest absolute Gasteiger partial charge is 0.481 e. The molecule has 1 fully saturated rings. The van der Waals surface area contributed by atoms with E-state index in [1.807, 2.05) is 12.1 Å². The molecule has 3 heteroatoms. The van der Waals surface area contributed by atoms with Crippen LogP contribution in [0.1, 0.15) is 44.6 Å². The number of aliphatic carboxylic acids is 1. The number of carboxylic acids is 1. The summed E-state index contributed by atoms with van der Waals surface area (Å²) in [6, 6.07) is 8.73. The van der Waals surface area contributed by atoms with E-state index in [1.165, 1.54) is 25.7 Å². The standard InChI is InChI=1S/C16H23NO2/c1-12-5-2-3-8-15(12)17-14-7-4-6-13(11-14)9-10-16(18)19/h4,6-7,11-12,15,17H,2-3,5,8-10H2,1H3,(H,18,19). The van der Waals surface area contributed by atoms with Gasteiger partial charge < -0.3 is 10.4 Å². The number of nitrogens with one attached hydrogen (secondary N) is 1. The van der Waals surface area contributed by atoms with Gasteiger partial charge in [0.1, 0.15) is 0 Å². The maximum atomic E-state index is 10.6. The molecule has 0 amide bonds. The zero-order valence-corrected chi connectivity index (χ0v) is 11.6. The Bertz CT molecular complexity index is 431. The van der Waals surface area contributed by atoms with Crippen LogP contribution in [0.2, 0.25) is 0 Å². The summed E-state index contributed by atoms with van der Waals surface area (Å²) in [6.07, 6.45) is 5.99. The number of carbonyl (C=O) groups is 1. The Morgan fingerprint density at radius 2 is 2.16 bits per heavy atom. The Balaban J connectivity index is 1.96. The van der Waals surface area contributed by atoms with E-state index >= 15 is 0 Å². The molecule has 1 aromatic carbocycles. The second-order valence-corrected chi connectivity index (χ2v) is 5.61. The second kappa shape index (κ2) is 6.60. The minimum Gasteiger partial charge on any atom is -0.481 e. The van der Waals surface area contributed by atoms with Crippen LogP contribution in [-0.4, -0.2) is 17.1 Å². The summed E-state index contributed by atoms with van der Waals surface area (Å²) in [5, 5.41) is 12.3. The number of anilines is 1. The van der Waals surface area contributed by atoms with Crippen LogP contribution in [0, 0.1) is 5.92 Å². The second-order valence-electron chi connectivity index (χ2n) is 5.61. The van der Waals surface area contributed by atoms with E-state index in [1.54, 1.807) is 0 Å². The highest BCUT2D eigenvalue weighted by Gasteiger charge is 2.20. The molecule has 19 heavy (non-hydrogen) atoms. The van der Waals surface area contributed by atoms with Crippen LogP contribution >= 0.6 is 0 Å². The summed E-state index contributed by atoms with van der Waals surface area (Å²) in [5.74, 6) is -0.0179. The topological polar surface area (TPSA) is 49.3 Å². The Kier molecular flexibility index (Phi) is 4.83. The van der Waals surface area contributed by atoms with Crippen molar-refractivity contribution >= 4 is 11.7 Å². The minimum absolute atomic E-state index is 0.198. The lowest BCUT2D eigenvalue weighted by Gasteiger charge is -2.30. The highest BCUT2D eigenvalue weighted by Crippen LogP contribution is 2.27. The zero-order valence-electron chi connectivity index (χ0n) is 11.6. The van der Waals surface area contributed by atoms with E-state index in [4.69, 9.17) is 5.11 Å². The van der Waals surface area contributed by atoms with Crippen molar-refractivity contribution in [3.63, 3.8) is 0 Å². The highest BCUT2D eigenvalue weighted by atomic mass is 16.4. The van der Waals surface area contributed by atoms with E-state index in [9.17, 15) is 4.79 Å². The van der Waals surface area contributed by atoms with E-state index in [2.05, 4.69) is 24.4 Å². The van der Waals surface area contributed by atoms with E-state index < -0.39 is 5.97 Å². The molecule has 1 aliphatic rings. The molecule has 0 spiro atoms. The first-order valence-electron chi connectivity index (χ1n) is 7.22. The fourth-order valence-electron chi connectivity index (χ4n) is 2.81. The maximum Gasteiger partial charge on any atom is 0.303 e. The van der Waals surface area contributed by atoms with Crippen molar-refractivity contribution in [2.75, 3.05) is 5.32 Å². The van der Waals surface area contributed by atoms with Crippen LogP contribution in [0.15, 0.2) is 24.3 Å². The van der Waals surface area contributed by atoms with E-state index in [0.29, 0.717) is 12.5 Å². The van der Waals surface area contributed by atoms with E-state index in [-0.39, 0.29) is 6.42 Å². The molecular weight excluding hydrogens is 238 g/mol. The van der Waals surface area contributed by atoms with Crippen molar-refractivity contribution < 1.29 is 9.90 Å². The third kappa shape index (κ3) is 4.27. The normalized spacial score (nSPS) is 23.0. The van der Waals surface area contributed by atoms with Gasteiger partial charge in [-0.1, -0.05) is 31.9 Å². The number of benzene rings is 1. The summed E-state index contributed by atoms with van der Waals surface area (Å²) in [7, 11) is 0.